The number of carbonyl (C=O) groups is 1. The van der Waals surface area contributed by atoms with Gasteiger partial charge in [-0.1, -0.05) is 30.3 Å². The third kappa shape index (κ3) is 3.52. The van der Waals surface area contributed by atoms with Crippen LogP contribution in [0.2, 0.25) is 0 Å². The van der Waals surface area contributed by atoms with E-state index in [0.717, 1.165) is 16.7 Å². The van der Waals surface area contributed by atoms with Gasteiger partial charge in [0.2, 0.25) is 5.91 Å². The summed E-state index contributed by atoms with van der Waals surface area (Å²) >= 11 is 0. The zero-order valence-corrected chi connectivity index (χ0v) is 12.8. The molecule has 1 unspecified atom stereocenters. The predicted octanol–water partition coefficient (Wildman–Crippen LogP) is 2.46. The fraction of sp³-hybridized carbons (Fsp3) is 0.353. The molecule has 0 aliphatic carbocycles. The summed E-state index contributed by atoms with van der Waals surface area (Å²) in [5, 5.41) is 8.39. The van der Waals surface area contributed by atoms with E-state index < -0.39 is 0 Å². The maximum absolute atomic E-state index is 11.8. The van der Waals surface area contributed by atoms with Crippen molar-refractivity contribution in [2.75, 3.05) is 13.7 Å². The number of hydrogen-bond donors (Lipinski definition) is 2. The van der Waals surface area contributed by atoms with Gasteiger partial charge in [0, 0.05) is 18.7 Å². The highest BCUT2D eigenvalue weighted by atomic mass is 16.5. The monoisotopic (exact) mass is 286 g/mol. The van der Waals surface area contributed by atoms with Crippen LogP contribution in [0.25, 0.3) is 10.8 Å². The van der Waals surface area contributed by atoms with Gasteiger partial charge in [-0.05, 0) is 30.7 Å². The number of ether oxygens (including phenoxy) is 1. The number of benzene rings is 2. The van der Waals surface area contributed by atoms with Crippen LogP contribution in [0.4, 0.5) is 0 Å². The number of nitrogens with one attached hydrogen (secondary N) is 2. The Labute approximate surface area is 125 Å². The summed E-state index contributed by atoms with van der Waals surface area (Å²) in [5.41, 5.74) is 1.08. The third-order valence-electron chi connectivity index (χ3n) is 3.55. The Hall–Kier alpha value is -2.07. The highest BCUT2D eigenvalue weighted by Crippen LogP contribution is 2.27. The fourth-order valence-corrected chi connectivity index (χ4v) is 2.36. The van der Waals surface area contributed by atoms with Gasteiger partial charge in [0.25, 0.3) is 0 Å². The van der Waals surface area contributed by atoms with Crippen LogP contribution in [0, 0.1) is 0 Å². The maximum Gasteiger partial charge on any atom is 0.236 e. The highest BCUT2D eigenvalue weighted by Gasteiger charge is 2.13. The Kier molecular flexibility index (Phi) is 5.17. The number of fused-ring (bicyclic) bond motifs is 1. The second-order valence-corrected chi connectivity index (χ2v) is 4.96. The molecule has 0 aromatic heterocycles. The molecule has 112 valence electrons. The van der Waals surface area contributed by atoms with Crippen LogP contribution in [0.15, 0.2) is 36.4 Å². The first-order valence-corrected chi connectivity index (χ1v) is 7.23. The quantitative estimate of drug-likeness (QED) is 0.857. The lowest BCUT2D eigenvalue weighted by Gasteiger charge is -2.16. The molecule has 0 bridgehead atoms. The fourth-order valence-electron chi connectivity index (χ4n) is 2.36. The minimum Gasteiger partial charge on any atom is -0.496 e. The standard InChI is InChI=1S/C17H22N2O2/c1-4-18-17(20)12(2)19-11-15-14-8-6-5-7-13(14)9-10-16(15)21-3/h5-10,12,19H,4,11H2,1-3H3,(H,18,20). The first-order chi connectivity index (χ1) is 10.2. The Morgan fingerprint density at radius 1 is 1.24 bits per heavy atom. The molecule has 0 radical (unpaired) electrons. The molecule has 4 nitrogen and oxygen atoms in total. The van der Waals surface area contributed by atoms with Crippen molar-refractivity contribution in [2.45, 2.75) is 26.4 Å². The second-order valence-electron chi connectivity index (χ2n) is 4.96. The van der Waals surface area contributed by atoms with Crippen LogP contribution in [0.5, 0.6) is 5.75 Å². The molecule has 0 heterocycles. The van der Waals surface area contributed by atoms with Crippen LogP contribution in [0.3, 0.4) is 0 Å². The van der Waals surface area contributed by atoms with Gasteiger partial charge in [0.05, 0.1) is 13.2 Å². The normalized spacial score (nSPS) is 12.1. The average Bonchev–Trinajstić information content (AvgIpc) is 2.52. The van der Waals surface area contributed by atoms with Gasteiger partial charge in [-0.2, -0.15) is 0 Å². The topological polar surface area (TPSA) is 50.4 Å². The van der Waals surface area contributed by atoms with E-state index in [1.165, 1.54) is 5.39 Å². The second kappa shape index (κ2) is 7.09. The summed E-state index contributed by atoms with van der Waals surface area (Å²) in [5.74, 6) is 0.848. The summed E-state index contributed by atoms with van der Waals surface area (Å²) in [7, 11) is 1.67. The Balaban J connectivity index is 2.22. The molecule has 0 aliphatic rings. The molecule has 2 aromatic carbocycles. The van der Waals surface area contributed by atoms with E-state index in [4.69, 9.17) is 4.74 Å². The maximum atomic E-state index is 11.8. The number of amides is 1. The van der Waals surface area contributed by atoms with Gasteiger partial charge < -0.3 is 15.4 Å². The largest absolute Gasteiger partial charge is 0.496 e. The van der Waals surface area contributed by atoms with Crippen molar-refractivity contribution in [1.82, 2.24) is 10.6 Å². The molecule has 0 spiro atoms. The number of hydrogen-bond acceptors (Lipinski definition) is 3. The van der Waals surface area contributed by atoms with E-state index in [1.54, 1.807) is 7.11 Å². The number of rotatable bonds is 6. The van der Waals surface area contributed by atoms with Crippen molar-refractivity contribution in [1.29, 1.82) is 0 Å². The Morgan fingerprint density at radius 2 is 2.00 bits per heavy atom. The van der Waals surface area contributed by atoms with E-state index in [1.807, 2.05) is 38.1 Å². The number of carbonyl (C=O) groups excluding carboxylic acids is 1. The number of likely N-dealkylation sites (N-methyl/N-ethyl adjacent to an activating group) is 1. The van der Waals surface area contributed by atoms with Gasteiger partial charge in [-0.15, -0.1) is 0 Å². The molecule has 4 heteroatoms. The molecule has 0 saturated heterocycles. The van der Waals surface area contributed by atoms with E-state index in [-0.39, 0.29) is 11.9 Å². The summed E-state index contributed by atoms with van der Waals surface area (Å²) < 4.78 is 5.45. The van der Waals surface area contributed by atoms with E-state index in [2.05, 4.69) is 22.8 Å². The lowest BCUT2D eigenvalue weighted by atomic mass is 10.0. The van der Waals surface area contributed by atoms with Gasteiger partial charge in [-0.25, -0.2) is 0 Å². The summed E-state index contributed by atoms with van der Waals surface area (Å²) in [6.45, 7) is 5.01. The van der Waals surface area contributed by atoms with Gasteiger partial charge in [-0.3, -0.25) is 4.79 Å². The SMILES string of the molecule is CCNC(=O)C(C)NCc1c(OC)ccc2ccccc12. The predicted molar refractivity (Wildman–Crippen MR) is 85.5 cm³/mol. The molecule has 2 N–H and O–H groups in total. The molecule has 1 atom stereocenters. The van der Waals surface area contributed by atoms with E-state index in [9.17, 15) is 4.79 Å². The van der Waals surface area contributed by atoms with Crippen LogP contribution in [-0.4, -0.2) is 25.6 Å². The molecular formula is C17H22N2O2. The molecule has 21 heavy (non-hydrogen) atoms. The average molecular weight is 286 g/mol. The summed E-state index contributed by atoms with van der Waals surface area (Å²) in [6, 6.07) is 12.0. The first kappa shape index (κ1) is 15.3. The van der Waals surface area contributed by atoms with Crippen molar-refractivity contribution in [2.24, 2.45) is 0 Å². The van der Waals surface area contributed by atoms with Crippen LogP contribution < -0.4 is 15.4 Å². The van der Waals surface area contributed by atoms with Gasteiger partial charge >= 0.3 is 0 Å². The van der Waals surface area contributed by atoms with Crippen molar-refractivity contribution >= 4 is 16.7 Å². The van der Waals surface area contributed by atoms with Crippen LogP contribution in [0.1, 0.15) is 19.4 Å². The summed E-state index contributed by atoms with van der Waals surface area (Å²) in [6.07, 6.45) is 0. The van der Waals surface area contributed by atoms with Crippen LogP contribution in [-0.2, 0) is 11.3 Å². The van der Waals surface area contributed by atoms with Crippen LogP contribution >= 0.6 is 0 Å². The van der Waals surface area contributed by atoms with Gasteiger partial charge in [0.15, 0.2) is 0 Å². The Morgan fingerprint density at radius 3 is 2.71 bits per heavy atom. The smallest absolute Gasteiger partial charge is 0.236 e. The zero-order chi connectivity index (χ0) is 15.2. The molecular weight excluding hydrogens is 264 g/mol. The third-order valence-corrected chi connectivity index (χ3v) is 3.55. The molecule has 1 amide bonds. The minimum absolute atomic E-state index is 0.0108. The zero-order valence-electron chi connectivity index (χ0n) is 12.8. The van der Waals surface area contributed by atoms with E-state index >= 15 is 0 Å². The minimum atomic E-state index is -0.242. The van der Waals surface area contributed by atoms with Crippen molar-refractivity contribution < 1.29 is 9.53 Å². The molecule has 0 aliphatic heterocycles. The molecule has 0 saturated carbocycles. The Bertz CT molecular complexity index is 625. The van der Waals surface area contributed by atoms with Gasteiger partial charge in [0.1, 0.15) is 5.75 Å². The van der Waals surface area contributed by atoms with Crippen molar-refractivity contribution in [3.05, 3.63) is 42.0 Å². The first-order valence-electron chi connectivity index (χ1n) is 7.23. The molecule has 2 rings (SSSR count). The van der Waals surface area contributed by atoms with Crippen molar-refractivity contribution in [3.63, 3.8) is 0 Å². The molecule has 0 fully saturated rings. The summed E-state index contributed by atoms with van der Waals surface area (Å²) in [4.78, 5) is 11.8. The molecule has 2 aromatic rings. The van der Waals surface area contributed by atoms with Crippen molar-refractivity contribution in [3.8, 4) is 5.75 Å². The lowest BCUT2D eigenvalue weighted by Crippen LogP contribution is -2.41. The number of methoxy groups -OCH3 is 1. The highest BCUT2D eigenvalue weighted by molar-refractivity contribution is 5.88. The van der Waals surface area contributed by atoms with E-state index in [0.29, 0.717) is 13.1 Å². The lowest BCUT2D eigenvalue weighted by molar-refractivity contribution is -0.122.